The molecule has 0 saturated carbocycles. The molecule has 0 bridgehead atoms. The van der Waals surface area contributed by atoms with Crippen molar-refractivity contribution < 1.29 is 0 Å². The molecule has 1 saturated heterocycles. The maximum absolute atomic E-state index is 10.1. The van der Waals surface area contributed by atoms with Crippen molar-refractivity contribution in [1.29, 1.82) is 5.26 Å². The summed E-state index contributed by atoms with van der Waals surface area (Å²) in [4.78, 5) is 3.94. The van der Waals surface area contributed by atoms with E-state index in [-0.39, 0.29) is 0 Å². The van der Waals surface area contributed by atoms with Crippen molar-refractivity contribution in [3.05, 3.63) is 46.5 Å². The van der Waals surface area contributed by atoms with Gasteiger partial charge < -0.3 is 4.90 Å². The largest absolute Gasteiger partial charge is 0.370 e. The fraction of sp³-hybridized carbons (Fsp3) is 0.435. The molecule has 0 N–H and O–H groups in total. The maximum Gasteiger partial charge on any atom is 0.102 e. The topological polar surface area (TPSA) is 27.0 Å². The molecule has 0 spiro atoms. The molecule has 5 rings (SSSR count). The third-order valence-corrected chi connectivity index (χ3v) is 7.52. The lowest BCUT2D eigenvalue weighted by molar-refractivity contribution is 0.437. The van der Waals surface area contributed by atoms with Gasteiger partial charge in [0, 0.05) is 29.3 Å². The first kappa shape index (κ1) is 16.3. The highest BCUT2D eigenvalue weighted by Crippen LogP contribution is 2.51. The van der Waals surface area contributed by atoms with Crippen LogP contribution in [0.1, 0.15) is 42.0 Å². The minimum atomic E-state index is 0.804. The lowest BCUT2D eigenvalue weighted by Crippen LogP contribution is -2.34. The smallest absolute Gasteiger partial charge is 0.102 e. The molecular formula is C23H24N2S. The number of nitriles is 1. The van der Waals surface area contributed by atoms with Gasteiger partial charge in [-0.25, -0.2) is 0 Å². The minimum Gasteiger partial charge on any atom is -0.370 e. The van der Waals surface area contributed by atoms with E-state index >= 15 is 0 Å². The number of piperidine rings is 1. The lowest BCUT2D eigenvalue weighted by Gasteiger charge is -2.37. The number of thioether (sulfide) groups is 1. The minimum absolute atomic E-state index is 0.804. The summed E-state index contributed by atoms with van der Waals surface area (Å²) in [6.45, 7) is 4.54. The number of hydrogen-bond donors (Lipinski definition) is 0. The van der Waals surface area contributed by atoms with Gasteiger partial charge in [-0.15, -0.1) is 11.8 Å². The summed E-state index contributed by atoms with van der Waals surface area (Å²) in [6, 6.07) is 11.5. The van der Waals surface area contributed by atoms with E-state index in [0.717, 1.165) is 49.6 Å². The van der Waals surface area contributed by atoms with Crippen molar-refractivity contribution in [2.24, 2.45) is 5.92 Å². The predicted octanol–water partition coefficient (Wildman–Crippen LogP) is 5.21. The van der Waals surface area contributed by atoms with Crippen LogP contribution in [-0.4, -0.2) is 18.8 Å². The van der Waals surface area contributed by atoms with Crippen molar-refractivity contribution in [3.63, 3.8) is 0 Å². The van der Waals surface area contributed by atoms with Crippen LogP contribution in [0.15, 0.2) is 29.2 Å². The second-order valence-electron chi connectivity index (χ2n) is 7.92. The molecular weight excluding hydrogens is 336 g/mol. The molecule has 2 aliphatic heterocycles. The molecule has 0 radical (unpaired) electrons. The zero-order valence-electron chi connectivity index (χ0n) is 15.3. The summed E-state index contributed by atoms with van der Waals surface area (Å²) in [6.07, 6.45) is 5.67. The fourth-order valence-electron chi connectivity index (χ4n) is 4.94. The van der Waals surface area contributed by atoms with Crippen LogP contribution in [0.2, 0.25) is 0 Å². The molecule has 2 aromatic carbocycles. The average Bonchev–Trinajstić information content (AvgIpc) is 3.16. The van der Waals surface area contributed by atoms with Crippen LogP contribution < -0.4 is 4.90 Å². The van der Waals surface area contributed by atoms with Crippen molar-refractivity contribution in [1.82, 2.24) is 0 Å². The fourth-order valence-corrected chi connectivity index (χ4v) is 6.20. The van der Waals surface area contributed by atoms with E-state index in [1.807, 2.05) is 11.8 Å². The standard InChI is InChI=1S/C23H24N2S/c1-15-8-11-25(12-9-15)22-19-7-6-16-4-2-3-5-17(16)21(19)23-18(10-13-26-23)20(22)14-24/h2-5,15H,6-13H2,1H3. The van der Waals surface area contributed by atoms with Crippen LogP contribution in [0, 0.1) is 17.2 Å². The van der Waals surface area contributed by atoms with E-state index in [4.69, 9.17) is 0 Å². The Kier molecular flexibility index (Phi) is 3.98. The summed E-state index contributed by atoms with van der Waals surface area (Å²) in [5.41, 5.74) is 9.37. The van der Waals surface area contributed by atoms with Gasteiger partial charge in [0.2, 0.25) is 0 Å². The zero-order valence-corrected chi connectivity index (χ0v) is 16.2. The van der Waals surface area contributed by atoms with Gasteiger partial charge in [-0.1, -0.05) is 31.2 Å². The zero-order chi connectivity index (χ0) is 17.7. The van der Waals surface area contributed by atoms with E-state index in [1.165, 1.54) is 51.2 Å². The van der Waals surface area contributed by atoms with Crippen LogP contribution in [0.25, 0.3) is 11.1 Å². The molecule has 3 aliphatic rings. The van der Waals surface area contributed by atoms with Crippen molar-refractivity contribution in [3.8, 4) is 17.2 Å². The van der Waals surface area contributed by atoms with Gasteiger partial charge in [0.1, 0.15) is 6.07 Å². The number of anilines is 1. The third kappa shape index (κ3) is 2.39. The number of nitrogens with zero attached hydrogens (tertiary/aromatic N) is 2. The van der Waals surface area contributed by atoms with E-state index in [9.17, 15) is 5.26 Å². The first-order valence-electron chi connectivity index (χ1n) is 9.85. The number of hydrogen-bond acceptors (Lipinski definition) is 3. The third-order valence-electron chi connectivity index (χ3n) is 6.37. The SMILES string of the molecule is CC1CCN(c2c(C#N)c3c(c4c2CCc2ccccc2-4)SCC3)CC1. The summed E-state index contributed by atoms with van der Waals surface area (Å²) in [5, 5.41) is 10.1. The molecule has 0 unspecified atom stereocenters. The Balaban J connectivity index is 1.77. The average molecular weight is 361 g/mol. The molecule has 3 heteroatoms. The Labute approximate surface area is 160 Å². The van der Waals surface area contributed by atoms with Gasteiger partial charge in [-0.2, -0.15) is 5.26 Å². The molecule has 1 aliphatic carbocycles. The van der Waals surface area contributed by atoms with Gasteiger partial charge in [0.05, 0.1) is 11.3 Å². The quantitative estimate of drug-likeness (QED) is 0.699. The first-order valence-corrected chi connectivity index (χ1v) is 10.8. The van der Waals surface area contributed by atoms with E-state index < -0.39 is 0 Å². The number of fused-ring (bicyclic) bond motifs is 5. The molecule has 2 heterocycles. The number of benzene rings is 2. The van der Waals surface area contributed by atoms with Gasteiger partial charge in [0.25, 0.3) is 0 Å². The van der Waals surface area contributed by atoms with Gasteiger partial charge in [0.15, 0.2) is 0 Å². The number of aryl methyl sites for hydroxylation is 1. The molecule has 132 valence electrons. The van der Waals surface area contributed by atoms with Crippen LogP contribution in [0.4, 0.5) is 5.69 Å². The lowest BCUT2D eigenvalue weighted by atomic mass is 9.81. The Hall–Kier alpha value is -1.92. The van der Waals surface area contributed by atoms with Crippen LogP contribution in [-0.2, 0) is 19.3 Å². The first-order chi connectivity index (χ1) is 12.8. The molecule has 0 amide bonds. The van der Waals surface area contributed by atoms with E-state index in [1.54, 1.807) is 0 Å². The summed E-state index contributed by atoms with van der Waals surface area (Å²) in [5.74, 6) is 1.91. The second-order valence-corrected chi connectivity index (χ2v) is 9.03. The van der Waals surface area contributed by atoms with Gasteiger partial charge >= 0.3 is 0 Å². The van der Waals surface area contributed by atoms with E-state index in [0.29, 0.717) is 0 Å². The van der Waals surface area contributed by atoms with Gasteiger partial charge in [-0.05, 0) is 60.3 Å². The molecule has 2 aromatic rings. The highest BCUT2D eigenvalue weighted by molar-refractivity contribution is 7.99. The van der Waals surface area contributed by atoms with Crippen LogP contribution in [0.5, 0.6) is 0 Å². The second kappa shape index (κ2) is 6.35. The molecule has 2 nitrogen and oxygen atoms in total. The Bertz CT molecular complexity index is 917. The van der Waals surface area contributed by atoms with Crippen LogP contribution >= 0.6 is 11.8 Å². The van der Waals surface area contributed by atoms with Crippen molar-refractivity contribution in [2.75, 3.05) is 23.7 Å². The molecule has 0 atom stereocenters. The summed E-state index contributed by atoms with van der Waals surface area (Å²) in [7, 11) is 0. The maximum atomic E-state index is 10.1. The van der Waals surface area contributed by atoms with Crippen molar-refractivity contribution >= 4 is 17.4 Å². The monoisotopic (exact) mass is 360 g/mol. The van der Waals surface area contributed by atoms with Gasteiger partial charge in [-0.3, -0.25) is 0 Å². The van der Waals surface area contributed by atoms with Crippen molar-refractivity contribution in [2.45, 2.75) is 43.9 Å². The molecule has 1 fully saturated rings. The predicted molar refractivity (Wildman–Crippen MR) is 109 cm³/mol. The summed E-state index contributed by atoms with van der Waals surface area (Å²) < 4.78 is 0. The Morgan fingerprint density at radius 2 is 1.88 bits per heavy atom. The Morgan fingerprint density at radius 3 is 2.69 bits per heavy atom. The van der Waals surface area contributed by atoms with Crippen LogP contribution in [0.3, 0.4) is 0 Å². The Morgan fingerprint density at radius 1 is 1.08 bits per heavy atom. The molecule has 0 aromatic heterocycles. The van der Waals surface area contributed by atoms with E-state index in [2.05, 4.69) is 42.2 Å². The molecule has 26 heavy (non-hydrogen) atoms. The summed E-state index contributed by atoms with van der Waals surface area (Å²) >= 11 is 1.96. The normalized spacial score (nSPS) is 18.8. The highest BCUT2D eigenvalue weighted by atomic mass is 32.2. The number of rotatable bonds is 1. The highest BCUT2D eigenvalue weighted by Gasteiger charge is 2.33.